The summed E-state index contributed by atoms with van der Waals surface area (Å²) in [7, 11) is 0. The Bertz CT molecular complexity index is 247. The van der Waals surface area contributed by atoms with E-state index >= 15 is 0 Å². The Labute approximate surface area is 69.0 Å². The molecule has 0 heteroatoms. The monoisotopic (exact) mass is 148 g/mol. The van der Waals surface area contributed by atoms with Crippen molar-refractivity contribution < 1.29 is 0 Å². The van der Waals surface area contributed by atoms with Crippen molar-refractivity contribution in [3.8, 4) is 0 Å². The molecule has 0 unspecified atom stereocenters. The molecule has 0 heterocycles. The second kappa shape index (κ2) is 1.80. The quantitative estimate of drug-likeness (QED) is 0.462. The SMILES string of the molecule is CC1=C[C@@]2(C)CC=C[C@]2(C)C1. The van der Waals surface area contributed by atoms with Crippen LogP contribution in [-0.2, 0) is 0 Å². The molecule has 60 valence electrons. The van der Waals surface area contributed by atoms with Crippen molar-refractivity contribution in [2.24, 2.45) is 10.8 Å². The van der Waals surface area contributed by atoms with E-state index in [1.165, 1.54) is 12.8 Å². The average Bonchev–Trinajstić information content (AvgIpc) is 2.16. The Morgan fingerprint density at radius 2 is 2.00 bits per heavy atom. The lowest BCUT2D eigenvalue weighted by atomic mass is 9.70. The van der Waals surface area contributed by atoms with Gasteiger partial charge in [-0.05, 0) is 30.6 Å². The summed E-state index contributed by atoms with van der Waals surface area (Å²) in [6.45, 7) is 7.01. The fourth-order valence-corrected chi connectivity index (χ4v) is 2.65. The molecule has 2 aliphatic rings. The van der Waals surface area contributed by atoms with Gasteiger partial charge >= 0.3 is 0 Å². The average molecular weight is 148 g/mol. The van der Waals surface area contributed by atoms with E-state index in [2.05, 4.69) is 39.0 Å². The van der Waals surface area contributed by atoms with E-state index in [1.54, 1.807) is 5.57 Å². The summed E-state index contributed by atoms with van der Waals surface area (Å²) in [4.78, 5) is 0. The Morgan fingerprint density at radius 3 is 2.64 bits per heavy atom. The lowest BCUT2D eigenvalue weighted by Crippen LogP contribution is -2.26. The first kappa shape index (κ1) is 7.15. The largest absolute Gasteiger partial charge is 0.0871 e. The fourth-order valence-electron chi connectivity index (χ4n) is 2.65. The van der Waals surface area contributed by atoms with Gasteiger partial charge in [-0.2, -0.15) is 0 Å². The molecule has 0 bridgehead atoms. The highest BCUT2D eigenvalue weighted by Crippen LogP contribution is 2.57. The molecular formula is C11H16. The standard InChI is InChI=1S/C11H16/c1-9-7-10(2)5-4-6-11(10,3)8-9/h4-5,8H,6-7H2,1-3H3/t10-,11-/m1/s1. The van der Waals surface area contributed by atoms with Crippen LogP contribution in [0.1, 0.15) is 33.6 Å². The maximum Gasteiger partial charge on any atom is -0.00182 e. The Hall–Kier alpha value is -0.520. The minimum Gasteiger partial charge on any atom is -0.0871 e. The lowest BCUT2D eigenvalue weighted by molar-refractivity contribution is 0.230. The summed E-state index contributed by atoms with van der Waals surface area (Å²) in [6, 6.07) is 0. The van der Waals surface area contributed by atoms with Crippen LogP contribution >= 0.6 is 0 Å². The van der Waals surface area contributed by atoms with Crippen LogP contribution in [0, 0.1) is 10.8 Å². The smallest absolute Gasteiger partial charge is 0.00182 e. The van der Waals surface area contributed by atoms with Crippen molar-refractivity contribution in [2.75, 3.05) is 0 Å². The first-order valence-corrected chi connectivity index (χ1v) is 4.42. The van der Waals surface area contributed by atoms with Crippen molar-refractivity contribution >= 4 is 0 Å². The van der Waals surface area contributed by atoms with Gasteiger partial charge in [-0.25, -0.2) is 0 Å². The molecule has 0 amide bonds. The fraction of sp³-hybridized carbons (Fsp3) is 0.636. The van der Waals surface area contributed by atoms with Gasteiger partial charge in [-0.3, -0.25) is 0 Å². The van der Waals surface area contributed by atoms with Crippen LogP contribution in [0.4, 0.5) is 0 Å². The molecule has 0 saturated heterocycles. The second-order valence-electron chi connectivity index (χ2n) is 4.61. The minimum atomic E-state index is 0.442. The summed E-state index contributed by atoms with van der Waals surface area (Å²) in [5, 5.41) is 0. The predicted octanol–water partition coefficient (Wildman–Crippen LogP) is 3.31. The van der Waals surface area contributed by atoms with E-state index in [0.717, 1.165) is 0 Å². The molecule has 0 aromatic carbocycles. The summed E-state index contributed by atoms with van der Waals surface area (Å²) >= 11 is 0. The predicted molar refractivity (Wildman–Crippen MR) is 48.3 cm³/mol. The molecule has 0 spiro atoms. The highest BCUT2D eigenvalue weighted by Gasteiger charge is 2.47. The van der Waals surface area contributed by atoms with E-state index in [0.29, 0.717) is 10.8 Å². The van der Waals surface area contributed by atoms with Crippen molar-refractivity contribution in [1.29, 1.82) is 0 Å². The van der Waals surface area contributed by atoms with Gasteiger partial charge in [0.05, 0.1) is 0 Å². The van der Waals surface area contributed by atoms with Crippen molar-refractivity contribution in [1.82, 2.24) is 0 Å². The Morgan fingerprint density at radius 1 is 1.27 bits per heavy atom. The number of hydrogen-bond acceptors (Lipinski definition) is 0. The molecule has 0 fully saturated rings. The van der Waals surface area contributed by atoms with Crippen LogP contribution in [0.5, 0.6) is 0 Å². The molecule has 0 aliphatic heterocycles. The van der Waals surface area contributed by atoms with Crippen LogP contribution in [0.25, 0.3) is 0 Å². The van der Waals surface area contributed by atoms with Gasteiger partial charge in [0, 0.05) is 0 Å². The van der Waals surface area contributed by atoms with Crippen LogP contribution in [-0.4, -0.2) is 0 Å². The number of rotatable bonds is 0. The van der Waals surface area contributed by atoms with E-state index in [1.807, 2.05) is 0 Å². The summed E-state index contributed by atoms with van der Waals surface area (Å²) in [5.74, 6) is 0. The van der Waals surface area contributed by atoms with Gasteiger partial charge in [0.2, 0.25) is 0 Å². The lowest BCUT2D eigenvalue weighted by Gasteiger charge is -2.33. The van der Waals surface area contributed by atoms with Crippen LogP contribution in [0.3, 0.4) is 0 Å². The minimum absolute atomic E-state index is 0.442. The van der Waals surface area contributed by atoms with Crippen molar-refractivity contribution in [3.63, 3.8) is 0 Å². The third-order valence-corrected chi connectivity index (χ3v) is 3.54. The molecule has 0 radical (unpaired) electrons. The van der Waals surface area contributed by atoms with Gasteiger partial charge in [-0.15, -0.1) is 0 Å². The van der Waals surface area contributed by atoms with Gasteiger partial charge < -0.3 is 0 Å². The van der Waals surface area contributed by atoms with Crippen LogP contribution in [0.15, 0.2) is 23.8 Å². The molecule has 0 aromatic rings. The van der Waals surface area contributed by atoms with Crippen LogP contribution in [0.2, 0.25) is 0 Å². The molecule has 0 N–H and O–H groups in total. The molecule has 2 rings (SSSR count). The van der Waals surface area contributed by atoms with Gasteiger partial charge in [-0.1, -0.05) is 37.6 Å². The first-order valence-electron chi connectivity index (χ1n) is 4.42. The summed E-state index contributed by atoms with van der Waals surface area (Å²) < 4.78 is 0. The van der Waals surface area contributed by atoms with Gasteiger partial charge in [0.25, 0.3) is 0 Å². The Kier molecular flexibility index (Phi) is 1.17. The molecule has 0 aromatic heterocycles. The third kappa shape index (κ3) is 0.756. The highest BCUT2D eigenvalue weighted by atomic mass is 14.5. The summed E-state index contributed by atoms with van der Waals surface area (Å²) in [6.07, 6.45) is 9.71. The second-order valence-corrected chi connectivity index (χ2v) is 4.61. The molecular weight excluding hydrogens is 132 g/mol. The number of allylic oxidation sites excluding steroid dienone is 4. The van der Waals surface area contributed by atoms with E-state index < -0.39 is 0 Å². The zero-order valence-electron chi connectivity index (χ0n) is 7.65. The number of hydrogen-bond donors (Lipinski definition) is 0. The van der Waals surface area contributed by atoms with Crippen molar-refractivity contribution in [3.05, 3.63) is 23.8 Å². The summed E-state index contributed by atoms with van der Waals surface area (Å²) in [5.41, 5.74) is 2.45. The topological polar surface area (TPSA) is 0 Å². The molecule has 11 heavy (non-hydrogen) atoms. The van der Waals surface area contributed by atoms with E-state index in [9.17, 15) is 0 Å². The van der Waals surface area contributed by atoms with Crippen molar-refractivity contribution in [2.45, 2.75) is 33.6 Å². The van der Waals surface area contributed by atoms with Gasteiger partial charge in [0.1, 0.15) is 0 Å². The third-order valence-electron chi connectivity index (χ3n) is 3.54. The molecule has 2 atom stereocenters. The molecule has 0 saturated carbocycles. The molecule has 2 aliphatic carbocycles. The number of fused-ring (bicyclic) bond motifs is 1. The normalized spacial score (nSPS) is 47.7. The highest BCUT2D eigenvalue weighted by molar-refractivity contribution is 5.31. The molecule has 0 nitrogen and oxygen atoms in total. The van der Waals surface area contributed by atoms with Gasteiger partial charge in [0.15, 0.2) is 0 Å². The first-order chi connectivity index (χ1) is 5.06. The maximum atomic E-state index is 2.47. The van der Waals surface area contributed by atoms with E-state index in [4.69, 9.17) is 0 Å². The van der Waals surface area contributed by atoms with Crippen LogP contribution < -0.4 is 0 Å². The zero-order chi connectivity index (χ0) is 8.11. The zero-order valence-corrected chi connectivity index (χ0v) is 7.65. The van der Waals surface area contributed by atoms with E-state index in [-0.39, 0.29) is 0 Å². The Balaban J connectivity index is 2.42. The maximum absolute atomic E-state index is 2.47.